The van der Waals surface area contributed by atoms with Crippen molar-refractivity contribution in [2.75, 3.05) is 13.7 Å². The maximum Gasteiger partial charge on any atom is 0.243 e. The van der Waals surface area contributed by atoms with Crippen LogP contribution in [0.3, 0.4) is 0 Å². The predicted octanol–water partition coefficient (Wildman–Crippen LogP) is 1.72. The fourth-order valence-electron chi connectivity index (χ4n) is 1.84. The number of sulfonamides is 1. The van der Waals surface area contributed by atoms with E-state index in [0.717, 1.165) is 0 Å². The van der Waals surface area contributed by atoms with Gasteiger partial charge in [-0.1, -0.05) is 13.8 Å². The van der Waals surface area contributed by atoms with Crippen molar-refractivity contribution < 1.29 is 13.2 Å². The maximum absolute atomic E-state index is 12.2. The molecule has 0 spiro atoms. The first-order valence-corrected chi connectivity index (χ1v) is 7.06. The molecule has 1 saturated heterocycles. The molecule has 0 bridgehead atoms. The van der Waals surface area contributed by atoms with Crippen LogP contribution in [0.15, 0.2) is 29.2 Å². The molecular weight excluding hydrogens is 238 g/mol. The van der Waals surface area contributed by atoms with Crippen LogP contribution in [0.25, 0.3) is 0 Å². The Bertz CT molecular complexity index is 493. The molecule has 1 fully saturated rings. The molecule has 17 heavy (non-hydrogen) atoms. The summed E-state index contributed by atoms with van der Waals surface area (Å²) in [6.45, 7) is 4.70. The van der Waals surface area contributed by atoms with E-state index < -0.39 is 10.0 Å². The molecule has 0 amide bonds. The third-order valence-corrected chi connectivity index (χ3v) is 4.94. The minimum Gasteiger partial charge on any atom is -0.497 e. The van der Waals surface area contributed by atoms with Crippen molar-refractivity contribution in [3.8, 4) is 5.75 Å². The van der Waals surface area contributed by atoms with Crippen LogP contribution in [0.4, 0.5) is 0 Å². The first-order valence-electron chi connectivity index (χ1n) is 5.62. The highest BCUT2D eigenvalue weighted by molar-refractivity contribution is 7.89. The summed E-state index contributed by atoms with van der Waals surface area (Å²) in [6, 6.07) is 6.66. The van der Waals surface area contributed by atoms with Gasteiger partial charge in [0.25, 0.3) is 0 Å². The van der Waals surface area contributed by atoms with Gasteiger partial charge in [0.2, 0.25) is 10.0 Å². The molecule has 5 heteroatoms. The average molecular weight is 255 g/mol. The first kappa shape index (κ1) is 12.4. The number of methoxy groups -OCH3 is 1. The monoisotopic (exact) mass is 255 g/mol. The lowest BCUT2D eigenvalue weighted by atomic mass is 10.1. The van der Waals surface area contributed by atoms with E-state index in [1.54, 1.807) is 35.7 Å². The van der Waals surface area contributed by atoms with Gasteiger partial charge in [-0.05, 0) is 30.2 Å². The van der Waals surface area contributed by atoms with Gasteiger partial charge in [0, 0.05) is 12.6 Å². The van der Waals surface area contributed by atoms with Crippen LogP contribution >= 0.6 is 0 Å². The van der Waals surface area contributed by atoms with Crippen LogP contribution in [-0.2, 0) is 10.0 Å². The van der Waals surface area contributed by atoms with Crippen molar-refractivity contribution in [2.45, 2.75) is 24.8 Å². The van der Waals surface area contributed by atoms with Crippen LogP contribution in [0, 0.1) is 5.92 Å². The minimum atomic E-state index is -3.31. The van der Waals surface area contributed by atoms with Crippen LogP contribution in [-0.4, -0.2) is 32.4 Å². The molecule has 1 aromatic carbocycles. The lowest BCUT2D eigenvalue weighted by molar-refractivity contribution is 0.414. The molecule has 4 nitrogen and oxygen atoms in total. The zero-order valence-electron chi connectivity index (χ0n) is 10.3. The molecular formula is C12H17NO3S. The summed E-state index contributed by atoms with van der Waals surface area (Å²) in [5.74, 6) is 1.03. The third-order valence-electron chi connectivity index (χ3n) is 3.04. The summed E-state index contributed by atoms with van der Waals surface area (Å²) in [6.07, 6.45) is 0. The summed E-state index contributed by atoms with van der Waals surface area (Å²) in [7, 11) is -1.75. The Morgan fingerprint density at radius 1 is 1.29 bits per heavy atom. The molecule has 0 saturated carbocycles. The Balaban J connectivity index is 2.21. The van der Waals surface area contributed by atoms with Gasteiger partial charge in [0.1, 0.15) is 5.75 Å². The Morgan fingerprint density at radius 3 is 2.29 bits per heavy atom. The Hall–Kier alpha value is -1.07. The van der Waals surface area contributed by atoms with Crippen molar-refractivity contribution in [3.63, 3.8) is 0 Å². The van der Waals surface area contributed by atoms with E-state index in [9.17, 15) is 8.42 Å². The van der Waals surface area contributed by atoms with Crippen LogP contribution in [0.2, 0.25) is 0 Å². The molecule has 2 atom stereocenters. The molecule has 0 N–H and O–H groups in total. The summed E-state index contributed by atoms with van der Waals surface area (Å²) >= 11 is 0. The number of ether oxygens (including phenoxy) is 1. The highest BCUT2D eigenvalue weighted by atomic mass is 32.2. The molecule has 0 aromatic heterocycles. The van der Waals surface area contributed by atoms with Gasteiger partial charge < -0.3 is 4.74 Å². The van der Waals surface area contributed by atoms with E-state index in [2.05, 4.69) is 0 Å². The predicted molar refractivity (Wildman–Crippen MR) is 65.5 cm³/mol. The Labute approximate surface area is 102 Å². The van der Waals surface area contributed by atoms with E-state index in [-0.39, 0.29) is 6.04 Å². The fraction of sp³-hybridized carbons (Fsp3) is 0.500. The van der Waals surface area contributed by atoms with Gasteiger partial charge in [0.05, 0.1) is 12.0 Å². The van der Waals surface area contributed by atoms with E-state index in [1.807, 2.05) is 13.8 Å². The zero-order valence-corrected chi connectivity index (χ0v) is 11.1. The number of benzene rings is 1. The summed E-state index contributed by atoms with van der Waals surface area (Å²) < 4.78 is 30.9. The topological polar surface area (TPSA) is 46.4 Å². The first-order chi connectivity index (χ1) is 7.96. The van der Waals surface area contributed by atoms with Gasteiger partial charge >= 0.3 is 0 Å². The van der Waals surface area contributed by atoms with Crippen molar-refractivity contribution in [3.05, 3.63) is 24.3 Å². The zero-order chi connectivity index (χ0) is 12.6. The average Bonchev–Trinajstić information content (AvgIpc) is 3.09. The fourth-order valence-corrected chi connectivity index (χ4v) is 3.54. The number of nitrogens with zero attached hydrogens (tertiary/aromatic N) is 1. The standard InChI is InChI=1S/C12H17NO3S/c1-9(2)12-8-13(12)17(14,15)11-6-4-10(16-3)5-7-11/h4-7,9,12H,8H2,1-3H3/t12-,13?/m1/s1. The van der Waals surface area contributed by atoms with Gasteiger partial charge in [-0.15, -0.1) is 0 Å². The number of rotatable bonds is 4. The molecule has 0 aliphatic carbocycles. The molecule has 1 heterocycles. The minimum absolute atomic E-state index is 0.155. The second-order valence-electron chi connectivity index (χ2n) is 4.56. The Morgan fingerprint density at radius 2 is 1.88 bits per heavy atom. The summed E-state index contributed by atoms with van der Waals surface area (Å²) in [5, 5.41) is 0. The van der Waals surface area contributed by atoms with Crippen molar-refractivity contribution in [1.29, 1.82) is 0 Å². The molecule has 0 radical (unpaired) electrons. The quantitative estimate of drug-likeness (QED) is 0.770. The van der Waals surface area contributed by atoms with Gasteiger partial charge in [-0.25, -0.2) is 8.42 Å². The largest absolute Gasteiger partial charge is 0.497 e. The van der Waals surface area contributed by atoms with Crippen molar-refractivity contribution in [1.82, 2.24) is 4.31 Å². The Kier molecular flexibility index (Phi) is 3.14. The van der Waals surface area contributed by atoms with Crippen molar-refractivity contribution in [2.24, 2.45) is 5.92 Å². The highest BCUT2D eigenvalue weighted by Crippen LogP contribution is 2.33. The second-order valence-corrected chi connectivity index (χ2v) is 6.45. The number of hydrogen-bond donors (Lipinski definition) is 0. The molecule has 2 rings (SSSR count). The summed E-state index contributed by atoms with van der Waals surface area (Å²) in [4.78, 5) is 0.335. The van der Waals surface area contributed by atoms with Crippen LogP contribution in [0.5, 0.6) is 5.75 Å². The maximum atomic E-state index is 12.2. The lowest BCUT2D eigenvalue weighted by Crippen LogP contribution is -2.16. The molecule has 1 aliphatic heterocycles. The summed E-state index contributed by atoms with van der Waals surface area (Å²) in [5.41, 5.74) is 0. The second kappa shape index (κ2) is 4.31. The highest BCUT2D eigenvalue weighted by Gasteiger charge is 2.45. The molecule has 94 valence electrons. The third kappa shape index (κ3) is 2.30. The molecule has 1 aromatic rings. The van der Waals surface area contributed by atoms with Crippen molar-refractivity contribution >= 4 is 10.0 Å². The van der Waals surface area contributed by atoms with Gasteiger partial charge in [-0.2, -0.15) is 4.31 Å². The van der Waals surface area contributed by atoms with Crippen LogP contribution in [0.1, 0.15) is 13.8 Å². The van der Waals surface area contributed by atoms with Crippen LogP contribution < -0.4 is 4.74 Å². The van der Waals surface area contributed by atoms with E-state index in [4.69, 9.17) is 4.74 Å². The van der Waals surface area contributed by atoms with E-state index in [0.29, 0.717) is 23.1 Å². The van der Waals surface area contributed by atoms with E-state index >= 15 is 0 Å². The number of hydrogen-bond acceptors (Lipinski definition) is 3. The molecule has 1 unspecified atom stereocenters. The SMILES string of the molecule is COc1ccc(S(=O)(=O)N2C[C@@H]2C(C)C)cc1. The van der Waals surface area contributed by atoms with E-state index in [1.165, 1.54) is 0 Å². The van der Waals surface area contributed by atoms with Gasteiger partial charge in [0.15, 0.2) is 0 Å². The normalized spacial score (nSPS) is 23.8. The lowest BCUT2D eigenvalue weighted by Gasteiger charge is -2.08. The molecule has 1 aliphatic rings. The smallest absolute Gasteiger partial charge is 0.243 e. The van der Waals surface area contributed by atoms with Gasteiger partial charge in [-0.3, -0.25) is 0 Å².